The van der Waals surface area contributed by atoms with Gasteiger partial charge in [-0.05, 0) is 11.7 Å². The quantitative estimate of drug-likeness (QED) is 0.402. The van der Waals surface area contributed by atoms with E-state index < -0.39 is 0 Å². The Balaban J connectivity index is 2.87. The van der Waals surface area contributed by atoms with Crippen LogP contribution in [0.2, 0.25) is 0 Å². The molecule has 0 heterocycles. The Hall–Kier alpha value is 0.350. The lowest BCUT2D eigenvalue weighted by Gasteiger charge is -2.04. The van der Waals surface area contributed by atoms with Gasteiger partial charge in [-0.2, -0.15) is 11.8 Å². The number of rotatable bonds is 11. The summed E-state index contributed by atoms with van der Waals surface area (Å²) in [4.78, 5) is 0. The molecule has 0 aliphatic heterocycles. The predicted octanol–water partition coefficient (Wildman–Crippen LogP) is 5.82. The number of thioether (sulfide) groups is 1. The standard InChI is InChI=1S/C14H29S/c1-4-5-6-7-8-9-10-11-12-13-15-14(2)3/h13-14H,4-12H2,1-3H3. The summed E-state index contributed by atoms with van der Waals surface area (Å²) in [6, 6.07) is 0. The van der Waals surface area contributed by atoms with Gasteiger partial charge in [-0.25, -0.2) is 0 Å². The maximum atomic E-state index is 2.39. The normalized spacial score (nSPS) is 11.2. The zero-order valence-corrected chi connectivity index (χ0v) is 11.7. The molecule has 0 saturated heterocycles. The summed E-state index contributed by atoms with van der Waals surface area (Å²) in [6.45, 7) is 6.80. The van der Waals surface area contributed by atoms with Crippen molar-refractivity contribution in [2.24, 2.45) is 0 Å². The van der Waals surface area contributed by atoms with Crippen molar-refractivity contribution in [1.82, 2.24) is 0 Å². The molecule has 0 rings (SSSR count). The van der Waals surface area contributed by atoms with Crippen LogP contribution >= 0.6 is 11.8 Å². The Morgan fingerprint density at radius 2 is 1.40 bits per heavy atom. The average Bonchev–Trinajstić information content (AvgIpc) is 2.20. The summed E-state index contributed by atoms with van der Waals surface area (Å²) in [5, 5.41) is 0.763. The third-order valence-electron chi connectivity index (χ3n) is 2.54. The van der Waals surface area contributed by atoms with Gasteiger partial charge < -0.3 is 0 Å². The highest BCUT2D eigenvalue weighted by atomic mass is 32.2. The second kappa shape index (κ2) is 12.4. The smallest absolute Gasteiger partial charge is 0.0169 e. The molecule has 0 aliphatic carbocycles. The summed E-state index contributed by atoms with van der Waals surface area (Å²) in [6.07, 6.45) is 12.7. The summed E-state index contributed by atoms with van der Waals surface area (Å²) < 4.78 is 0. The van der Waals surface area contributed by atoms with Crippen LogP contribution in [0.3, 0.4) is 0 Å². The van der Waals surface area contributed by atoms with E-state index in [1.54, 1.807) is 0 Å². The van der Waals surface area contributed by atoms with Gasteiger partial charge >= 0.3 is 0 Å². The predicted molar refractivity (Wildman–Crippen MR) is 74.3 cm³/mol. The Labute approximate surface area is 102 Å². The molecule has 0 N–H and O–H groups in total. The lowest BCUT2D eigenvalue weighted by atomic mass is 10.1. The van der Waals surface area contributed by atoms with E-state index in [4.69, 9.17) is 0 Å². The summed E-state index contributed by atoms with van der Waals surface area (Å²) in [5.74, 6) is 2.39. The first kappa shape index (κ1) is 15.3. The molecule has 0 fully saturated rings. The molecule has 15 heavy (non-hydrogen) atoms. The Morgan fingerprint density at radius 3 is 1.93 bits per heavy atom. The number of hydrogen-bond donors (Lipinski definition) is 0. The van der Waals surface area contributed by atoms with Crippen molar-refractivity contribution in [3.05, 3.63) is 5.75 Å². The molecular weight excluding hydrogens is 200 g/mol. The highest BCUT2D eigenvalue weighted by Gasteiger charge is 1.95. The molecule has 0 bridgehead atoms. The SMILES string of the molecule is CCCCCCCCCC[CH]SC(C)C. The van der Waals surface area contributed by atoms with E-state index in [2.05, 4.69) is 26.5 Å². The lowest BCUT2D eigenvalue weighted by Crippen LogP contribution is -1.86. The zero-order valence-electron chi connectivity index (χ0n) is 10.9. The molecule has 91 valence electrons. The molecule has 1 radical (unpaired) electrons. The first-order chi connectivity index (χ1) is 7.27. The van der Waals surface area contributed by atoms with Crippen LogP contribution in [-0.4, -0.2) is 5.25 Å². The van der Waals surface area contributed by atoms with E-state index in [0.717, 1.165) is 5.25 Å². The second-order valence-corrected chi connectivity index (χ2v) is 6.16. The average molecular weight is 229 g/mol. The van der Waals surface area contributed by atoms with E-state index >= 15 is 0 Å². The zero-order chi connectivity index (χ0) is 11.4. The van der Waals surface area contributed by atoms with Crippen LogP contribution in [0.5, 0.6) is 0 Å². The number of hydrogen-bond acceptors (Lipinski definition) is 1. The minimum absolute atomic E-state index is 0.763. The van der Waals surface area contributed by atoms with Crippen molar-refractivity contribution in [3.63, 3.8) is 0 Å². The van der Waals surface area contributed by atoms with E-state index in [1.807, 2.05) is 11.8 Å². The van der Waals surface area contributed by atoms with Crippen LogP contribution in [0, 0.1) is 5.75 Å². The second-order valence-electron chi connectivity index (χ2n) is 4.62. The molecule has 0 spiro atoms. The van der Waals surface area contributed by atoms with Gasteiger partial charge in [-0.1, -0.05) is 72.1 Å². The molecule has 0 saturated carbocycles. The molecule has 0 unspecified atom stereocenters. The van der Waals surface area contributed by atoms with Gasteiger partial charge in [-0.3, -0.25) is 0 Å². The van der Waals surface area contributed by atoms with Crippen molar-refractivity contribution in [2.45, 2.75) is 83.8 Å². The topological polar surface area (TPSA) is 0 Å². The monoisotopic (exact) mass is 229 g/mol. The fourth-order valence-electron chi connectivity index (χ4n) is 1.62. The molecule has 1 heteroatoms. The molecule has 0 aromatic carbocycles. The Bertz CT molecular complexity index is 110. The van der Waals surface area contributed by atoms with E-state index in [1.165, 1.54) is 57.8 Å². The van der Waals surface area contributed by atoms with Crippen molar-refractivity contribution in [2.75, 3.05) is 0 Å². The van der Waals surface area contributed by atoms with E-state index in [-0.39, 0.29) is 0 Å². The maximum absolute atomic E-state index is 2.39. The van der Waals surface area contributed by atoms with Crippen molar-refractivity contribution < 1.29 is 0 Å². The highest BCUT2D eigenvalue weighted by Crippen LogP contribution is 2.18. The van der Waals surface area contributed by atoms with Crippen molar-refractivity contribution in [3.8, 4) is 0 Å². The maximum Gasteiger partial charge on any atom is 0.0169 e. The van der Waals surface area contributed by atoms with Crippen LogP contribution < -0.4 is 0 Å². The Morgan fingerprint density at radius 1 is 0.867 bits per heavy atom. The number of unbranched alkanes of at least 4 members (excludes halogenated alkanes) is 8. The summed E-state index contributed by atoms with van der Waals surface area (Å²) in [7, 11) is 0. The molecule has 0 amide bonds. The molecule has 0 aromatic heterocycles. The van der Waals surface area contributed by atoms with Gasteiger partial charge in [0, 0.05) is 5.75 Å². The minimum Gasteiger partial charge on any atom is -0.155 e. The largest absolute Gasteiger partial charge is 0.155 e. The van der Waals surface area contributed by atoms with E-state index in [0.29, 0.717) is 0 Å². The van der Waals surface area contributed by atoms with Gasteiger partial charge in [0.2, 0.25) is 0 Å². The minimum atomic E-state index is 0.763. The van der Waals surface area contributed by atoms with Crippen LogP contribution in [0.4, 0.5) is 0 Å². The fourth-order valence-corrected chi connectivity index (χ4v) is 2.31. The summed E-state index contributed by atoms with van der Waals surface area (Å²) >= 11 is 1.98. The molecule has 0 aromatic rings. The van der Waals surface area contributed by atoms with E-state index in [9.17, 15) is 0 Å². The van der Waals surface area contributed by atoms with Crippen LogP contribution in [0.1, 0.15) is 78.6 Å². The Kier molecular flexibility index (Phi) is 12.7. The summed E-state index contributed by atoms with van der Waals surface area (Å²) in [5.41, 5.74) is 0. The van der Waals surface area contributed by atoms with Crippen LogP contribution in [0.15, 0.2) is 0 Å². The van der Waals surface area contributed by atoms with Gasteiger partial charge in [0.1, 0.15) is 0 Å². The lowest BCUT2D eigenvalue weighted by molar-refractivity contribution is 0.576. The van der Waals surface area contributed by atoms with Gasteiger partial charge in [0.25, 0.3) is 0 Å². The highest BCUT2D eigenvalue weighted by molar-refractivity contribution is 8.01. The van der Waals surface area contributed by atoms with Crippen LogP contribution in [0.25, 0.3) is 0 Å². The molecule has 0 aliphatic rings. The third-order valence-corrected chi connectivity index (χ3v) is 3.52. The first-order valence-electron chi connectivity index (χ1n) is 6.74. The van der Waals surface area contributed by atoms with Gasteiger partial charge in [0.15, 0.2) is 0 Å². The van der Waals surface area contributed by atoms with Crippen molar-refractivity contribution in [1.29, 1.82) is 0 Å². The molecule has 0 nitrogen and oxygen atoms in total. The first-order valence-corrected chi connectivity index (χ1v) is 7.68. The van der Waals surface area contributed by atoms with Gasteiger partial charge in [0.05, 0.1) is 0 Å². The van der Waals surface area contributed by atoms with Crippen LogP contribution in [-0.2, 0) is 0 Å². The molecule has 0 atom stereocenters. The molecular formula is C14H29S. The third kappa shape index (κ3) is 14.4. The fraction of sp³-hybridized carbons (Fsp3) is 0.929. The van der Waals surface area contributed by atoms with Gasteiger partial charge in [-0.15, -0.1) is 0 Å². The van der Waals surface area contributed by atoms with Crippen molar-refractivity contribution >= 4 is 11.8 Å².